The van der Waals surface area contributed by atoms with Crippen LogP contribution >= 0.6 is 0 Å². The molecule has 2 aromatic carbocycles. The molecule has 0 fully saturated rings. The van der Waals surface area contributed by atoms with Crippen LogP contribution in [0, 0.1) is 11.3 Å². The van der Waals surface area contributed by atoms with Crippen molar-refractivity contribution in [3.63, 3.8) is 0 Å². The van der Waals surface area contributed by atoms with Crippen molar-refractivity contribution in [3.05, 3.63) is 59.7 Å². The number of anilines is 1. The van der Waals surface area contributed by atoms with Crippen molar-refractivity contribution < 1.29 is 19.1 Å². The molecule has 0 unspecified atom stereocenters. The van der Waals surface area contributed by atoms with Gasteiger partial charge in [-0.05, 0) is 56.2 Å². The number of esters is 1. The number of amides is 1. The van der Waals surface area contributed by atoms with Crippen LogP contribution in [-0.4, -0.2) is 30.6 Å². The minimum absolute atomic E-state index is 0.0286. The minimum atomic E-state index is -0.867. The quantitative estimate of drug-likeness (QED) is 0.762. The third-order valence-electron chi connectivity index (χ3n) is 4.44. The Morgan fingerprint density at radius 3 is 2.63 bits per heavy atom. The average Bonchev–Trinajstić information content (AvgIpc) is 3.02. The second-order valence-corrected chi connectivity index (χ2v) is 6.45. The molecule has 0 spiro atoms. The molecule has 1 heterocycles. The standard InChI is InChI=1S/C21H20N2O4/c1-14-11-17-5-3-4-6-19(17)23(14)20(24)13-26-21(25)15(2)27-18-9-7-16(12-22)8-10-18/h3-10,14-15H,11,13H2,1-2H3/t14-,15-/m0/s1. The lowest BCUT2D eigenvalue weighted by Gasteiger charge is -2.23. The molecule has 2 aromatic rings. The van der Waals surface area contributed by atoms with Crippen LogP contribution in [0.1, 0.15) is 25.0 Å². The summed E-state index contributed by atoms with van der Waals surface area (Å²) >= 11 is 0. The van der Waals surface area contributed by atoms with Crippen LogP contribution in [0.15, 0.2) is 48.5 Å². The highest BCUT2D eigenvalue weighted by Gasteiger charge is 2.31. The summed E-state index contributed by atoms with van der Waals surface area (Å²) in [4.78, 5) is 26.4. The van der Waals surface area contributed by atoms with Gasteiger partial charge in [0.05, 0.1) is 11.6 Å². The molecule has 0 saturated heterocycles. The van der Waals surface area contributed by atoms with Crippen LogP contribution in [0.25, 0.3) is 0 Å². The van der Waals surface area contributed by atoms with Crippen molar-refractivity contribution in [2.45, 2.75) is 32.4 Å². The highest BCUT2D eigenvalue weighted by molar-refractivity contribution is 5.97. The van der Waals surface area contributed by atoms with E-state index in [9.17, 15) is 9.59 Å². The molecule has 0 bridgehead atoms. The van der Waals surface area contributed by atoms with E-state index >= 15 is 0 Å². The molecule has 6 heteroatoms. The normalized spacial score (nSPS) is 16.2. The van der Waals surface area contributed by atoms with Crippen LogP contribution in [0.3, 0.4) is 0 Å². The van der Waals surface area contributed by atoms with Gasteiger partial charge in [-0.3, -0.25) is 4.79 Å². The zero-order valence-corrected chi connectivity index (χ0v) is 15.2. The molecule has 1 aliphatic heterocycles. The number of hydrogen-bond acceptors (Lipinski definition) is 5. The fourth-order valence-electron chi connectivity index (χ4n) is 3.13. The van der Waals surface area contributed by atoms with Gasteiger partial charge in [-0.15, -0.1) is 0 Å². The van der Waals surface area contributed by atoms with E-state index in [2.05, 4.69) is 0 Å². The third kappa shape index (κ3) is 4.09. The fraction of sp³-hybridized carbons (Fsp3) is 0.286. The topological polar surface area (TPSA) is 79.6 Å². The molecule has 0 aliphatic carbocycles. The Labute approximate surface area is 157 Å². The van der Waals surface area contributed by atoms with Crippen LogP contribution < -0.4 is 9.64 Å². The van der Waals surface area contributed by atoms with Crippen LogP contribution in [-0.2, 0) is 20.7 Å². The summed E-state index contributed by atoms with van der Waals surface area (Å²) in [6.07, 6.45) is -0.0809. The van der Waals surface area contributed by atoms with Gasteiger partial charge in [0, 0.05) is 11.7 Å². The molecule has 6 nitrogen and oxygen atoms in total. The van der Waals surface area contributed by atoms with Gasteiger partial charge in [0.25, 0.3) is 5.91 Å². The molecule has 138 valence electrons. The lowest BCUT2D eigenvalue weighted by atomic mass is 10.1. The number of carbonyl (C=O) groups is 2. The number of benzene rings is 2. The van der Waals surface area contributed by atoms with Gasteiger partial charge in [-0.2, -0.15) is 5.26 Å². The SMILES string of the molecule is C[C@H](Oc1ccc(C#N)cc1)C(=O)OCC(=O)N1c2ccccc2C[C@@H]1C. The Kier molecular flexibility index (Phi) is 5.41. The van der Waals surface area contributed by atoms with E-state index in [1.54, 1.807) is 36.1 Å². The lowest BCUT2D eigenvalue weighted by molar-refractivity contribution is -0.154. The average molecular weight is 364 g/mol. The number of nitriles is 1. The van der Waals surface area contributed by atoms with Crippen LogP contribution in [0.5, 0.6) is 5.75 Å². The number of ether oxygens (including phenoxy) is 2. The molecule has 0 radical (unpaired) electrons. The molecule has 0 saturated carbocycles. The van der Waals surface area contributed by atoms with Gasteiger partial charge in [-0.25, -0.2) is 4.79 Å². The van der Waals surface area contributed by atoms with Crippen molar-refractivity contribution in [2.24, 2.45) is 0 Å². The maximum atomic E-state index is 12.6. The van der Waals surface area contributed by atoms with E-state index in [0.717, 1.165) is 17.7 Å². The van der Waals surface area contributed by atoms with E-state index in [1.807, 2.05) is 37.3 Å². The second kappa shape index (κ2) is 7.92. The Morgan fingerprint density at radius 2 is 1.93 bits per heavy atom. The third-order valence-corrected chi connectivity index (χ3v) is 4.44. The minimum Gasteiger partial charge on any atom is -0.479 e. The highest BCUT2D eigenvalue weighted by Crippen LogP contribution is 2.31. The van der Waals surface area contributed by atoms with Crippen molar-refractivity contribution in [1.82, 2.24) is 0 Å². The number of carbonyl (C=O) groups excluding carboxylic acids is 2. The summed E-state index contributed by atoms with van der Waals surface area (Å²) in [6, 6.07) is 16.2. The molecular weight excluding hydrogens is 344 g/mol. The maximum Gasteiger partial charge on any atom is 0.347 e. The van der Waals surface area contributed by atoms with Gasteiger partial charge in [0.15, 0.2) is 12.7 Å². The van der Waals surface area contributed by atoms with Gasteiger partial charge in [0.1, 0.15) is 5.75 Å². The van der Waals surface area contributed by atoms with E-state index < -0.39 is 12.1 Å². The van der Waals surface area contributed by atoms with E-state index in [4.69, 9.17) is 14.7 Å². The van der Waals surface area contributed by atoms with Crippen LogP contribution in [0.4, 0.5) is 5.69 Å². The van der Waals surface area contributed by atoms with E-state index in [-0.39, 0.29) is 18.6 Å². The Hall–Kier alpha value is -3.33. The monoisotopic (exact) mass is 364 g/mol. The van der Waals surface area contributed by atoms with Crippen molar-refractivity contribution >= 4 is 17.6 Å². The van der Waals surface area contributed by atoms with E-state index in [0.29, 0.717) is 11.3 Å². The number of hydrogen-bond donors (Lipinski definition) is 0. The predicted molar refractivity (Wildman–Crippen MR) is 99.3 cm³/mol. The van der Waals surface area contributed by atoms with Crippen molar-refractivity contribution in [2.75, 3.05) is 11.5 Å². The molecule has 1 aliphatic rings. The number of para-hydroxylation sites is 1. The zero-order valence-electron chi connectivity index (χ0n) is 15.2. The Balaban J connectivity index is 1.55. The highest BCUT2D eigenvalue weighted by atomic mass is 16.6. The molecule has 0 aromatic heterocycles. The molecule has 27 heavy (non-hydrogen) atoms. The first kappa shape index (κ1) is 18.5. The summed E-state index contributed by atoms with van der Waals surface area (Å²) in [6.45, 7) is 3.19. The molecule has 3 rings (SSSR count). The van der Waals surface area contributed by atoms with Gasteiger partial charge >= 0.3 is 5.97 Å². The summed E-state index contributed by atoms with van der Waals surface area (Å²) in [7, 11) is 0. The largest absolute Gasteiger partial charge is 0.479 e. The summed E-state index contributed by atoms with van der Waals surface area (Å²) < 4.78 is 10.7. The zero-order chi connectivity index (χ0) is 19.4. The summed E-state index contributed by atoms with van der Waals surface area (Å²) in [5.74, 6) is -0.425. The van der Waals surface area contributed by atoms with E-state index in [1.165, 1.54) is 0 Å². The molecule has 0 N–H and O–H groups in total. The molecular formula is C21H20N2O4. The van der Waals surface area contributed by atoms with Gasteiger partial charge in [-0.1, -0.05) is 18.2 Å². The predicted octanol–water partition coefficient (Wildman–Crippen LogP) is 2.85. The Morgan fingerprint density at radius 1 is 1.22 bits per heavy atom. The smallest absolute Gasteiger partial charge is 0.347 e. The van der Waals surface area contributed by atoms with Gasteiger partial charge < -0.3 is 14.4 Å². The molecule has 1 amide bonds. The molecule has 2 atom stereocenters. The van der Waals surface area contributed by atoms with Gasteiger partial charge in [0.2, 0.25) is 0 Å². The summed E-state index contributed by atoms with van der Waals surface area (Å²) in [5.41, 5.74) is 2.48. The first-order valence-corrected chi connectivity index (χ1v) is 8.73. The Bertz CT molecular complexity index is 886. The first-order valence-electron chi connectivity index (χ1n) is 8.73. The number of nitrogens with zero attached hydrogens (tertiary/aromatic N) is 2. The fourth-order valence-corrected chi connectivity index (χ4v) is 3.13. The van der Waals surface area contributed by atoms with Crippen molar-refractivity contribution in [1.29, 1.82) is 5.26 Å². The maximum absolute atomic E-state index is 12.6. The summed E-state index contributed by atoms with van der Waals surface area (Å²) in [5, 5.41) is 8.79. The number of fused-ring (bicyclic) bond motifs is 1. The van der Waals surface area contributed by atoms with Crippen LogP contribution in [0.2, 0.25) is 0 Å². The lowest BCUT2D eigenvalue weighted by Crippen LogP contribution is -2.39. The number of rotatable bonds is 5. The first-order chi connectivity index (χ1) is 13.0. The van der Waals surface area contributed by atoms with Crippen molar-refractivity contribution in [3.8, 4) is 11.8 Å². The second-order valence-electron chi connectivity index (χ2n) is 6.45.